The van der Waals surface area contributed by atoms with Crippen LogP contribution >= 0.6 is 0 Å². The monoisotopic (exact) mass is 411 g/mol. The number of hydrogen-bond donors (Lipinski definition) is 0. The summed E-state index contributed by atoms with van der Waals surface area (Å²) in [6, 6.07) is 37.9. The lowest BCUT2D eigenvalue weighted by Gasteiger charge is -2.09. The van der Waals surface area contributed by atoms with Crippen molar-refractivity contribution in [1.82, 2.24) is 9.55 Å². The largest absolute Gasteiger partial charge is 0.304 e. The zero-order chi connectivity index (χ0) is 21.3. The van der Waals surface area contributed by atoms with Gasteiger partial charge in [-0.3, -0.25) is 0 Å². The van der Waals surface area contributed by atoms with Crippen LogP contribution in [-0.4, -0.2) is 15.8 Å². The standard InChI is InChI=1S/C29H21N3/c1-2-10-21(11-3-1)20-32-28-17-9-8-16-27(28)31-29(32)30-19-26-24-14-6-4-12-22(24)18-23-13-5-7-15-25(23)26/h1-19H,20H2. The van der Waals surface area contributed by atoms with Gasteiger partial charge >= 0.3 is 0 Å². The van der Waals surface area contributed by atoms with Crippen molar-refractivity contribution in [3.05, 3.63) is 120 Å². The summed E-state index contributed by atoms with van der Waals surface area (Å²) in [6.07, 6.45) is 1.98. The summed E-state index contributed by atoms with van der Waals surface area (Å²) >= 11 is 0. The van der Waals surface area contributed by atoms with Gasteiger partial charge in [0.1, 0.15) is 0 Å². The van der Waals surface area contributed by atoms with Gasteiger partial charge in [0.05, 0.1) is 17.6 Å². The number of hydrogen-bond acceptors (Lipinski definition) is 2. The van der Waals surface area contributed by atoms with E-state index >= 15 is 0 Å². The molecular weight excluding hydrogens is 390 g/mol. The first kappa shape index (κ1) is 18.5. The van der Waals surface area contributed by atoms with Crippen LogP contribution in [0.4, 0.5) is 5.95 Å². The van der Waals surface area contributed by atoms with E-state index in [9.17, 15) is 0 Å². The summed E-state index contributed by atoms with van der Waals surface area (Å²) in [5.41, 5.74) is 4.39. The fourth-order valence-electron chi connectivity index (χ4n) is 4.39. The molecule has 0 fully saturated rings. The maximum atomic E-state index is 4.94. The molecule has 1 heterocycles. The lowest BCUT2D eigenvalue weighted by Crippen LogP contribution is -1.99. The van der Waals surface area contributed by atoms with E-state index in [-0.39, 0.29) is 0 Å². The van der Waals surface area contributed by atoms with Crippen molar-refractivity contribution in [3.63, 3.8) is 0 Å². The molecular formula is C29H21N3. The highest BCUT2D eigenvalue weighted by Gasteiger charge is 2.11. The molecule has 5 aromatic carbocycles. The highest BCUT2D eigenvalue weighted by atomic mass is 15.2. The third-order valence-electron chi connectivity index (χ3n) is 5.94. The van der Waals surface area contributed by atoms with Gasteiger partial charge in [-0.1, -0.05) is 91.0 Å². The van der Waals surface area contributed by atoms with Crippen molar-refractivity contribution >= 4 is 44.7 Å². The van der Waals surface area contributed by atoms with Gasteiger partial charge in [-0.25, -0.2) is 9.98 Å². The number of aliphatic imine (C=N–C) groups is 1. The highest BCUT2D eigenvalue weighted by Crippen LogP contribution is 2.29. The van der Waals surface area contributed by atoms with Crippen molar-refractivity contribution in [3.8, 4) is 0 Å². The third kappa shape index (κ3) is 3.25. The number of aromatic nitrogens is 2. The number of imidazole rings is 1. The molecule has 0 radical (unpaired) electrons. The quantitative estimate of drug-likeness (QED) is 0.224. The molecule has 0 unspecified atom stereocenters. The van der Waals surface area contributed by atoms with E-state index in [0.29, 0.717) is 5.95 Å². The molecule has 1 aromatic heterocycles. The fraction of sp³-hybridized carbons (Fsp3) is 0.0345. The van der Waals surface area contributed by atoms with Gasteiger partial charge in [0.25, 0.3) is 0 Å². The molecule has 0 aliphatic carbocycles. The molecule has 0 bridgehead atoms. The van der Waals surface area contributed by atoms with Crippen LogP contribution in [0.3, 0.4) is 0 Å². The van der Waals surface area contributed by atoms with Gasteiger partial charge in [0.2, 0.25) is 5.95 Å². The Balaban J connectivity index is 1.53. The van der Waals surface area contributed by atoms with Gasteiger partial charge in [0.15, 0.2) is 0 Å². The van der Waals surface area contributed by atoms with Crippen LogP contribution in [0.15, 0.2) is 114 Å². The zero-order valence-electron chi connectivity index (χ0n) is 17.5. The Morgan fingerprint density at radius 2 is 1.31 bits per heavy atom. The lowest BCUT2D eigenvalue weighted by atomic mass is 9.97. The maximum absolute atomic E-state index is 4.94. The van der Waals surface area contributed by atoms with Gasteiger partial charge in [0, 0.05) is 11.8 Å². The second-order valence-electron chi connectivity index (χ2n) is 7.96. The van der Waals surface area contributed by atoms with Crippen molar-refractivity contribution in [2.24, 2.45) is 4.99 Å². The Bertz CT molecular complexity index is 1540. The smallest absolute Gasteiger partial charge is 0.230 e. The average Bonchev–Trinajstić information content (AvgIpc) is 3.19. The van der Waals surface area contributed by atoms with Crippen LogP contribution in [0.2, 0.25) is 0 Å². The van der Waals surface area contributed by atoms with E-state index in [1.165, 1.54) is 27.1 Å². The Morgan fingerprint density at radius 3 is 2.06 bits per heavy atom. The molecule has 0 saturated carbocycles. The number of para-hydroxylation sites is 2. The fourth-order valence-corrected chi connectivity index (χ4v) is 4.39. The first-order chi connectivity index (χ1) is 15.9. The lowest BCUT2D eigenvalue weighted by molar-refractivity contribution is 0.827. The van der Waals surface area contributed by atoms with Gasteiger partial charge in [-0.15, -0.1) is 0 Å². The third-order valence-corrected chi connectivity index (χ3v) is 5.94. The van der Waals surface area contributed by atoms with Crippen LogP contribution < -0.4 is 0 Å². The van der Waals surface area contributed by atoms with E-state index in [1.54, 1.807) is 0 Å². The van der Waals surface area contributed by atoms with Gasteiger partial charge < -0.3 is 4.57 Å². The molecule has 0 amide bonds. The second-order valence-corrected chi connectivity index (χ2v) is 7.96. The van der Waals surface area contributed by atoms with Crippen molar-refractivity contribution in [2.75, 3.05) is 0 Å². The minimum atomic E-state index is 0.715. The Labute approximate surface area is 186 Å². The topological polar surface area (TPSA) is 30.2 Å². The molecule has 3 heteroatoms. The second kappa shape index (κ2) is 7.78. The van der Waals surface area contributed by atoms with Crippen molar-refractivity contribution in [1.29, 1.82) is 0 Å². The summed E-state index contributed by atoms with van der Waals surface area (Å²) in [7, 11) is 0. The van der Waals surface area contributed by atoms with Crippen molar-refractivity contribution < 1.29 is 0 Å². The van der Waals surface area contributed by atoms with Crippen LogP contribution in [0.25, 0.3) is 32.6 Å². The van der Waals surface area contributed by atoms with E-state index in [0.717, 1.165) is 23.1 Å². The predicted octanol–water partition coefficient (Wildman–Crippen LogP) is 7.14. The first-order valence-corrected chi connectivity index (χ1v) is 10.8. The SMILES string of the molecule is C(=Nc1nc2ccccc2n1Cc1ccccc1)c1c2ccccc2cc2ccccc12. The van der Waals surface area contributed by atoms with Gasteiger partial charge in [-0.2, -0.15) is 0 Å². The molecule has 0 aliphatic heterocycles. The van der Waals surface area contributed by atoms with Crippen LogP contribution in [0, 0.1) is 0 Å². The Hall–Kier alpha value is -4.24. The molecule has 6 rings (SSSR count). The molecule has 0 atom stereocenters. The summed E-state index contributed by atoms with van der Waals surface area (Å²) < 4.78 is 2.19. The summed E-state index contributed by atoms with van der Waals surface area (Å²) in [6.45, 7) is 0.726. The molecule has 0 aliphatic rings. The zero-order valence-corrected chi connectivity index (χ0v) is 17.5. The minimum Gasteiger partial charge on any atom is -0.304 e. The van der Waals surface area contributed by atoms with E-state index < -0.39 is 0 Å². The minimum absolute atomic E-state index is 0.715. The molecule has 152 valence electrons. The van der Waals surface area contributed by atoms with E-state index in [1.807, 2.05) is 24.4 Å². The van der Waals surface area contributed by atoms with Crippen LogP contribution in [0.5, 0.6) is 0 Å². The number of benzene rings is 5. The number of rotatable bonds is 4. The predicted molar refractivity (Wildman–Crippen MR) is 134 cm³/mol. The normalized spacial score (nSPS) is 11.8. The average molecular weight is 412 g/mol. The molecule has 0 spiro atoms. The molecule has 32 heavy (non-hydrogen) atoms. The number of nitrogens with zero attached hydrogens (tertiary/aromatic N) is 3. The van der Waals surface area contributed by atoms with E-state index in [4.69, 9.17) is 9.98 Å². The van der Waals surface area contributed by atoms with Crippen molar-refractivity contribution in [2.45, 2.75) is 6.54 Å². The Morgan fingerprint density at radius 1 is 0.688 bits per heavy atom. The molecule has 6 aromatic rings. The first-order valence-electron chi connectivity index (χ1n) is 10.8. The van der Waals surface area contributed by atoms with E-state index in [2.05, 4.69) is 95.6 Å². The van der Waals surface area contributed by atoms with Gasteiger partial charge in [-0.05, 0) is 45.3 Å². The molecule has 3 nitrogen and oxygen atoms in total. The summed E-state index contributed by atoms with van der Waals surface area (Å²) in [5, 5.41) is 4.82. The van der Waals surface area contributed by atoms with Crippen LogP contribution in [0.1, 0.15) is 11.1 Å². The summed E-state index contributed by atoms with van der Waals surface area (Å²) in [4.78, 5) is 9.79. The maximum Gasteiger partial charge on any atom is 0.230 e. The van der Waals surface area contributed by atoms with Crippen LogP contribution in [-0.2, 0) is 6.54 Å². The molecule has 0 saturated heterocycles. The highest BCUT2D eigenvalue weighted by molar-refractivity contribution is 6.13. The Kier molecular flexibility index (Phi) is 4.51. The summed E-state index contributed by atoms with van der Waals surface area (Å²) in [5.74, 6) is 0.715. The molecule has 0 N–H and O–H groups in total. The number of fused-ring (bicyclic) bond motifs is 3.